The number of carbonyl (C=O) groups is 2. The van der Waals surface area contributed by atoms with E-state index in [1.165, 1.54) is 11.3 Å². The fourth-order valence-electron chi connectivity index (χ4n) is 4.58. The van der Waals surface area contributed by atoms with Gasteiger partial charge in [0, 0.05) is 18.0 Å². The average molecular weight is 390 g/mol. The minimum Gasteiger partial charge on any atom is -0.388 e. The molecule has 26 heavy (non-hydrogen) atoms. The third kappa shape index (κ3) is 2.43. The summed E-state index contributed by atoms with van der Waals surface area (Å²) in [5.41, 5.74) is -0.472. The fraction of sp³-hybridized carbons (Fsp3) is 0.500. The van der Waals surface area contributed by atoms with Crippen LogP contribution in [0.5, 0.6) is 0 Å². The van der Waals surface area contributed by atoms with Gasteiger partial charge in [-0.25, -0.2) is 4.98 Å². The Kier molecular flexibility index (Phi) is 3.70. The summed E-state index contributed by atoms with van der Waals surface area (Å²) in [5.74, 6) is -0.270. The van der Waals surface area contributed by atoms with Crippen LogP contribution in [0.15, 0.2) is 22.9 Å². The van der Waals surface area contributed by atoms with Crippen molar-refractivity contribution in [2.24, 2.45) is 0 Å². The predicted molar refractivity (Wildman–Crippen MR) is 99.2 cm³/mol. The highest BCUT2D eigenvalue weighted by atomic mass is 32.1. The van der Waals surface area contributed by atoms with Gasteiger partial charge in [-0.05, 0) is 37.1 Å². The van der Waals surface area contributed by atoms with Crippen LogP contribution in [0.25, 0.3) is 9.88 Å². The quantitative estimate of drug-likeness (QED) is 0.855. The molecule has 136 valence electrons. The number of piperidine rings is 2. The Labute approximate surface area is 159 Å². The Morgan fingerprint density at radius 1 is 1.31 bits per heavy atom. The van der Waals surface area contributed by atoms with Gasteiger partial charge in [-0.3, -0.25) is 9.59 Å². The van der Waals surface area contributed by atoms with Crippen LogP contribution in [0.3, 0.4) is 0 Å². The molecule has 1 N–H and O–H groups in total. The number of fused-ring (bicyclic) bond motifs is 2. The molecule has 0 spiro atoms. The lowest BCUT2D eigenvalue weighted by Gasteiger charge is -2.59. The maximum atomic E-state index is 12.9. The van der Waals surface area contributed by atoms with Gasteiger partial charge in [0.2, 0.25) is 5.91 Å². The van der Waals surface area contributed by atoms with E-state index in [1.807, 2.05) is 22.4 Å². The van der Waals surface area contributed by atoms with E-state index in [9.17, 15) is 14.7 Å². The van der Waals surface area contributed by atoms with Gasteiger partial charge < -0.3 is 14.9 Å². The van der Waals surface area contributed by atoms with E-state index in [2.05, 4.69) is 4.98 Å². The van der Waals surface area contributed by atoms with E-state index in [0.29, 0.717) is 25.1 Å². The fourth-order valence-corrected chi connectivity index (χ4v) is 6.19. The van der Waals surface area contributed by atoms with Crippen molar-refractivity contribution < 1.29 is 14.7 Å². The maximum absolute atomic E-state index is 12.9. The van der Waals surface area contributed by atoms with Crippen molar-refractivity contribution >= 4 is 34.5 Å². The number of hydrogen-bond acceptors (Lipinski definition) is 6. The summed E-state index contributed by atoms with van der Waals surface area (Å²) in [6, 6.07) is 3.88. The Bertz CT molecular complexity index is 855. The molecule has 0 radical (unpaired) electrons. The van der Waals surface area contributed by atoms with E-state index in [1.54, 1.807) is 21.6 Å². The van der Waals surface area contributed by atoms with Crippen LogP contribution in [0.4, 0.5) is 0 Å². The monoisotopic (exact) mass is 389 g/mol. The third-order valence-electron chi connectivity index (χ3n) is 5.92. The molecule has 1 unspecified atom stereocenters. The first-order chi connectivity index (χ1) is 12.5. The number of carbonyl (C=O) groups excluding carboxylic acids is 2. The summed E-state index contributed by atoms with van der Waals surface area (Å²) in [7, 11) is 0. The second-order valence-corrected chi connectivity index (χ2v) is 9.16. The van der Waals surface area contributed by atoms with Gasteiger partial charge in [0.25, 0.3) is 5.91 Å². The van der Waals surface area contributed by atoms with Crippen molar-refractivity contribution in [2.75, 3.05) is 13.1 Å². The highest BCUT2D eigenvalue weighted by molar-refractivity contribution is 7.20. The number of nitrogens with zero attached hydrogens (tertiary/aromatic N) is 3. The van der Waals surface area contributed by atoms with Crippen molar-refractivity contribution in [3.8, 4) is 9.88 Å². The zero-order valence-electron chi connectivity index (χ0n) is 14.1. The molecule has 2 aromatic rings. The molecule has 1 atom stereocenters. The summed E-state index contributed by atoms with van der Waals surface area (Å²) >= 11 is 3.03. The average Bonchev–Trinajstić information content (AvgIpc) is 3.33. The lowest BCUT2D eigenvalue weighted by atomic mass is 9.70. The molecule has 3 aliphatic heterocycles. The summed E-state index contributed by atoms with van der Waals surface area (Å²) in [4.78, 5) is 34.6. The lowest BCUT2D eigenvalue weighted by molar-refractivity contribution is -0.181. The molecule has 1 aliphatic carbocycles. The molecule has 2 amide bonds. The summed E-state index contributed by atoms with van der Waals surface area (Å²) in [6.45, 7) is 0.469. The van der Waals surface area contributed by atoms with Crippen LogP contribution >= 0.6 is 22.7 Å². The normalized spacial score (nSPS) is 30.6. The highest BCUT2D eigenvalue weighted by Crippen LogP contribution is 2.44. The molecule has 3 saturated heterocycles. The van der Waals surface area contributed by atoms with Crippen LogP contribution < -0.4 is 0 Å². The number of aromatic nitrogens is 1. The minimum absolute atomic E-state index is 0.0499. The molecule has 8 heteroatoms. The molecule has 6 rings (SSSR count). The molecule has 2 bridgehead atoms. The molecule has 5 heterocycles. The Morgan fingerprint density at radius 3 is 2.85 bits per heavy atom. The third-order valence-corrected chi connectivity index (χ3v) is 7.80. The van der Waals surface area contributed by atoms with Gasteiger partial charge in [-0.15, -0.1) is 22.7 Å². The predicted octanol–water partition coefficient (Wildman–Crippen LogP) is 2.21. The molecular formula is C18H19N3O3S2. The number of aliphatic hydroxyl groups is 1. The van der Waals surface area contributed by atoms with Crippen LogP contribution in [0, 0.1) is 0 Å². The van der Waals surface area contributed by atoms with E-state index in [-0.39, 0.29) is 30.4 Å². The number of piperazine rings is 1. The van der Waals surface area contributed by atoms with Gasteiger partial charge in [0.15, 0.2) is 0 Å². The molecule has 1 saturated carbocycles. The van der Waals surface area contributed by atoms with Gasteiger partial charge in [-0.2, -0.15) is 0 Å². The Morgan fingerprint density at radius 2 is 2.12 bits per heavy atom. The van der Waals surface area contributed by atoms with E-state index in [4.69, 9.17) is 0 Å². The van der Waals surface area contributed by atoms with Crippen molar-refractivity contribution in [3.63, 3.8) is 0 Å². The number of thiazole rings is 1. The second kappa shape index (κ2) is 5.87. The topological polar surface area (TPSA) is 73.7 Å². The standard InChI is InChI=1S/C18H19N3O3S2/c22-15-9-20(8-14-18(24)5-3-11(4-6-18)21(14)15)17(23)12-10-26-16(19-12)13-2-1-7-25-13/h1-2,7,10-11,14,24H,3-6,8-9H2. The zero-order chi connectivity index (χ0) is 17.9. The van der Waals surface area contributed by atoms with Crippen molar-refractivity contribution in [3.05, 3.63) is 28.6 Å². The lowest BCUT2D eigenvalue weighted by Crippen LogP contribution is -2.73. The Balaban J connectivity index is 1.39. The van der Waals surface area contributed by atoms with Crippen LogP contribution in [-0.4, -0.2) is 62.5 Å². The molecule has 0 aromatic carbocycles. The van der Waals surface area contributed by atoms with E-state index >= 15 is 0 Å². The molecule has 6 nitrogen and oxygen atoms in total. The number of hydrogen-bond donors (Lipinski definition) is 1. The maximum Gasteiger partial charge on any atom is 0.273 e. The second-order valence-electron chi connectivity index (χ2n) is 7.35. The SMILES string of the molecule is O=C(c1csc(-c2cccs2)n1)N1CC(=O)N2C3CCC(O)(CC3)C2C1. The summed E-state index contributed by atoms with van der Waals surface area (Å²) < 4.78 is 0. The first-order valence-corrected chi connectivity index (χ1v) is 10.6. The molecule has 2 aromatic heterocycles. The zero-order valence-corrected chi connectivity index (χ0v) is 15.8. The van der Waals surface area contributed by atoms with Crippen molar-refractivity contribution in [1.82, 2.24) is 14.8 Å². The first kappa shape index (κ1) is 16.4. The highest BCUT2D eigenvalue weighted by Gasteiger charge is 2.55. The molecule has 4 fully saturated rings. The minimum atomic E-state index is -0.854. The van der Waals surface area contributed by atoms with Crippen molar-refractivity contribution in [1.29, 1.82) is 0 Å². The van der Waals surface area contributed by atoms with Crippen LogP contribution in [0.2, 0.25) is 0 Å². The van der Waals surface area contributed by atoms with E-state index in [0.717, 1.165) is 22.7 Å². The van der Waals surface area contributed by atoms with Gasteiger partial charge in [-0.1, -0.05) is 6.07 Å². The van der Waals surface area contributed by atoms with Crippen LogP contribution in [-0.2, 0) is 4.79 Å². The van der Waals surface area contributed by atoms with Gasteiger partial charge in [0.1, 0.15) is 17.2 Å². The smallest absolute Gasteiger partial charge is 0.273 e. The number of amides is 2. The number of thiophene rings is 1. The largest absolute Gasteiger partial charge is 0.388 e. The molecular weight excluding hydrogens is 370 g/mol. The summed E-state index contributed by atoms with van der Waals surface area (Å²) in [5, 5.41) is 15.5. The van der Waals surface area contributed by atoms with Crippen LogP contribution in [0.1, 0.15) is 36.2 Å². The molecule has 4 aliphatic rings. The van der Waals surface area contributed by atoms with Gasteiger partial charge in [0.05, 0.1) is 16.5 Å². The Hall–Kier alpha value is -1.77. The van der Waals surface area contributed by atoms with E-state index < -0.39 is 5.60 Å². The summed E-state index contributed by atoms with van der Waals surface area (Å²) in [6.07, 6.45) is 3.16. The van der Waals surface area contributed by atoms with Crippen molar-refractivity contribution in [2.45, 2.75) is 43.4 Å². The van der Waals surface area contributed by atoms with Gasteiger partial charge >= 0.3 is 0 Å². The number of rotatable bonds is 2. The first-order valence-electron chi connectivity index (χ1n) is 8.87.